The summed E-state index contributed by atoms with van der Waals surface area (Å²) in [6, 6.07) is 9.59. The fraction of sp³-hybridized carbons (Fsp3) is 0.375. The van der Waals surface area contributed by atoms with Crippen molar-refractivity contribution in [2.24, 2.45) is 0 Å². The molecule has 3 amide bonds. The van der Waals surface area contributed by atoms with Gasteiger partial charge in [-0.25, -0.2) is 4.90 Å². The molecule has 0 aliphatic carbocycles. The Morgan fingerprint density at radius 2 is 1.82 bits per heavy atom. The minimum Gasteiger partial charge on any atom is -0.323 e. The van der Waals surface area contributed by atoms with Crippen LogP contribution in [0.2, 0.25) is 5.02 Å². The first kappa shape index (κ1) is 24.4. The topological polar surface area (TPSA) is 101 Å². The lowest BCUT2D eigenvalue weighted by Gasteiger charge is -2.33. The molecular formula is C24H26ClN3O5. The van der Waals surface area contributed by atoms with E-state index in [9.17, 15) is 24.5 Å². The third-order valence-electron chi connectivity index (χ3n) is 5.97. The molecule has 0 N–H and O–H groups in total. The molecule has 0 spiro atoms. The predicted molar refractivity (Wildman–Crippen MR) is 125 cm³/mol. The van der Waals surface area contributed by atoms with Gasteiger partial charge in [0.15, 0.2) is 0 Å². The van der Waals surface area contributed by atoms with Gasteiger partial charge in [0.25, 0.3) is 17.5 Å². The number of benzene rings is 2. The van der Waals surface area contributed by atoms with Crippen molar-refractivity contribution in [2.75, 3.05) is 4.90 Å². The van der Waals surface area contributed by atoms with Gasteiger partial charge in [0.1, 0.15) is 11.1 Å². The van der Waals surface area contributed by atoms with Gasteiger partial charge in [0.05, 0.1) is 17.0 Å². The normalized spacial score (nSPS) is 16.9. The molecule has 2 aromatic carbocycles. The summed E-state index contributed by atoms with van der Waals surface area (Å²) in [6.45, 7) is 7.74. The monoisotopic (exact) mass is 471 g/mol. The van der Waals surface area contributed by atoms with Gasteiger partial charge in [-0.1, -0.05) is 44.5 Å². The maximum absolute atomic E-state index is 13.4. The summed E-state index contributed by atoms with van der Waals surface area (Å²) in [7, 11) is 0. The first-order valence-electron chi connectivity index (χ1n) is 10.8. The number of halogens is 1. The molecule has 1 saturated heterocycles. The smallest absolute Gasteiger partial charge is 0.288 e. The molecule has 9 heteroatoms. The molecule has 2 atom stereocenters. The van der Waals surface area contributed by atoms with Crippen LogP contribution < -0.4 is 4.90 Å². The largest absolute Gasteiger partial charge is 0.323 e. The molecule has 0 bridgehead atoms. The Labute approximate surface area is 197 Å². The van der Waals surface area contributed by atoms with E-state index in [0.717, 1.165) is 16.5 Å². The Balaban J connectivity index is 1.96. The van der Waals surface area contributed by atoms with E-state index in [4.69, 9.17) is 11.6 Å². The van der Waals surface area contributed by atoms with E-state index in [0.29, 0.717) is 18.0 Å². The summed E-state index contributed by atoms with van der Waals surface area (Å²) in [5, 5.41) is 11.2. The minimum absolute atomic E-state index is 0.0337. The zero-order valence-corrected chi connectivity index (χ0v) is 19.7. The number of carbonyl (C=O) groups excluding carboxylic acids is 3. The van der Waals surface area contributed by atoms with Gasteiger partial charge in [-0.15, -0.1) is 0 Å². The van der Waals surface area contributed by atoms with Crippen molar-refractivity contribution < 1.29 is 19.3 Å². The molecule has 1 aliphatic heterocycles. The van der Waals surface area contributed by atoms with Crippen molar-refractivity contribution in [3.63, 3.8) is 0 Å². The molecule has 1 heterocycles. The summed E-state index contributed by atoms with van der Waals surface area (Å²) >= 11 is 5.88. The Kier molecular flexibility index (Phi) is 7.17. The summed E-state index contributed by atoms with van der Waals surface area (Å²) < 4.78 is 0. The van der Waals surface area contributed by atoms with Crippen LogP contribution in [0.1, 0.15) is 62.4 Å². The lowest BCUT2D eigenvalue weighted by molar-refractivity contribution is -0.384. The molecule has 1 fully saturated rings. The van der Waals surface area contributed by atoms with Crippen molar-refractivity contribution in [3.8, 4) is 0 Å². The molecule has 1 aliphatic rings. The lowest BCUT2D eigenvalue weighted by Crippen LogP contribution is -2.49. The summed E-state index contributed by atoms with van der Waals surface area (Å²) in [6.07, 6.45) is 0.374. The van der Waals surface area contributed by atoms with Gasteiger partial charge >= 0.3 is 0 Å². The number of hydrogen-bond donors (Lipinski definition) is 0. The van der Waals surface area contributed by atoms with E-state index in [1.54, 1.807) is 19.1 Å². The van der Waals surface area contributed by atoms with Gasteiger partial charge in [-0.2, -0.15) is 0 Å². The number of nitro benzene ring substituents is 1. The van der Waals surface area contributed by atoms with E-state index < -0.39 is 34.4 Å². The standard InChI is InChI=1S/C24H26ClN3O5/c1-5-15(4)26(23(30)17-8-11-19(25)20(12-17)28(32)33)21-13-22(29)27(24(21)31)18-9-6-16(7-10-18)14(2)3/h6-12,14-15,21H,5,13H2,1-4H3. The van der Waals surface area contributed by atoms with E-state index in [-0.39, 0.29) is 23.0 Å². The maximum Gasteiger partial charge on any atom is 0.288 e. The Morgan fingerprint density at radius 1 is 1.18 bits per heavy atom. The number of nitrogens with zero attached hydrogens (tertiary/aromatic N) is 3. The Hall–Kier alpha value is -3.26. The molecule has 0 radical (unpaired) electrons. The van der Waals surface area contributed by atoms with Gasteiger partial charge in [-0.3, -0.25) is 24.5 Å². The molecule has 2 unspecified atom stereocenters. The molecular weight excluding hydrogens is 446 g/mol. The van der Waals surface area contributed by atoms with Crippen LogP contribution in [0.5, 0.6) is 0 Å². The fourth-order valence-electron chi connectivity index (χ4n) is 3.89. The van der Waals surface area contributed by atoms with Crippen LogP contribution in [0.25, 0.3) is 0 Å². The number of nitro groups is 1. The van der Waals surface area contributed by atoms with Crippen LogP contribution in [-0.2, 0) is 9.59 Å². The second kappa shape index (κ2) is 9.70. The maximum atomic E-state index is 13.4. The molecule has 33 heavy (non-hydrogen) atoms. The second-order valence-corrected chi connectivity index (χ2v) is 8.83. The average molecular weight is 472 g/mol. The Morgan fingerprint density at radius 3 is 2.36 bits per heavy atom. The zero-order chi connectivity index (χ0) is 24.4. The van der Waals surface area contributed by atoms with E-state index >= 15 is 0 Å². The van der Waals surface area contributed by atoms with Crippen molar-refractivity contribution in [1.29, 1.82) is 0 Å². The highest BCUT2D eigenvalue weighted by molar-refractivity contribution is 6.32. The van der Waals surface area contributed by atoms with Crippen LogP contribution in [0.15, 0.2) is 42.5 Å². The van der Waals surface area contributed by atoms with Crippen molar-refractivity contribution in [1.82, 2.24) is 4.90 Å². The quantitative estimate of drug-likeness (QED) is 0.323. The Bertz CT molecular complexity index is 1100. The summed E-state index contributed by atoms with van der Waals surface area (Å²) in [5.41, 5.74) is 1.17. The van der Waals surface area contributed by atoms with Gasteiger partial charge < -0.3 is 4.90 Å². The number of carbonyl (C=O) groups is 3. The van der Waals surface area contributed by atoms with E-state index in [1.807, 2.05) is 32.9 Å². The molecule has 2 aromatic rings. The van der Waals surface area contributed by atoms with Gasteiger partial charge in [0.2, 0.25) is 5.91 Å². The lowest BCUT2D eigenvalue weighted by atomic mass is 10.0. The number of rotatable bonds is 7. The molecule has 3 rings (SSSR count). The summed E-state index contributed by atoms with van der Waals surface area (Å²) in [5.74, 6) is -1.15. The van der Waals surface area contributed by atoms with Crippen molar-refractivity contribution in [3.05, 3.63) is 68.7 Å². The third-order valence-corrected chi connectivity index (χ3v) is 6.29. The fourth-order valence-corrected chi connectivity index (χ4v) is 4.08. The second-order valence-electron chi connectivity index (χ2n) is 8.43. The van der Waals surface area contributed by atoms with Crippen LogP contribution in [0.3, 0.4) is 0 Å². The van der Waals surface area contributed by atoms with Gasteiger partial charge in [0, 0.05) is 17.7 Å². The highest BCUT2D eigenvalue weighted by Gasteiger charge is 2.45. The molecule has 174 valence electrons. The zero-order valence-electron chi connectivity index (χ0n) is 18.9. The van der Waals surface area contributed by atoms with Crippen molar-refractivity contribution >= 4 is 40.7 Å². The van der Waals surface area contributed by atoms with Crippen molar-refractivity contribution in [2.45, 2.75) is 58.5 Å². The van der Waals surface area contributed by atoms with Crippen LogP contribution >= 0.6 is 11.6 Å². The minimum atomic E-state index is -1.00. The van der Waals surface area contributed by atoms with Crippen LogP contribution in [0, 0.1) is 10.1 Å². The van der Waals surface area contributed by atoms with Gasteiger partial charge in [-0.05, 0) is 49.1 Å². The SMILES string of the molecule is CCC(C)N(C(=O)c1ccc(Cl)c([N+](=O)[O-])c1)C1CC(=O)N(c2ccc(C(C)C)cc2)C1=O. The number of amides is 3. The first-order valence-corrected chi connectivity index (χ1v) is 11.2. The molecule has 0 aromatic heterocycles. The molecule has 0 saturated carbocycles. The molecule has 8 nitrogen and oxygen atoms in total. The highest BCUT2D eigenvalue weighted by Crippen LogP contribution is 2.31. The highest BCUT2D eigenvalue weighted by atomic mass is 35.5. The number of imide groups is 1. The third kappa shape index (κ3) is 4.75. The predicted octanol–water partition coefficient (Wildman–Crippen LogP) is 4.94. The van der Waals surface area contributed by atoms with Crippen LogP contribution in [-0.4, -0.2) is 39.6 Å². The van der Waals surface area contributed by atoms with Crippen LogP contribution in [0.4, 0.5) is 11.4 Å². The average Bonchev–Trinajstić information content (AvgIpc) is 3.07. The number of hydrogen-bond acceptors (Lipinski definition) is 5. The van der Waals surface area contributed by atoms with E-state index in [2.05, 4.69) is 0 Å². The van der Waals surface area contributed by atoms with E-state index in [1.165, 1.54) is 17.0 Å². The summed E-state index contributed by atoms with van der Waals surface area (Å²) in [4.78, 5) is 52.7. The number of anilines is 1. The first-order chi connectivity index (χ1) is 15.6.